The molecule has 2 saturated heterocycles. The van der Waals surface area contributed by atoms with Crippen molar-refractivity contribution >= 4 is 54.0 Å². The Hall–Kier alpha value is -3.52. The molecule has 9 atom stereocenters. The molecule has 0 aliphatic carbocycles. The van der Waals surface area contributed by atoms with E-state index in [0.717, 1.165) is 0 Å². The van der Waals surface area contributed by atoms with E-state index in [1.165, 1.54) is 23.6 Å². The topological polar surface area (TPSA) is 287 Å². The molecule has 2 fully saturated rings. The van der Waals surface area contributed by atoms with E-state index in [1.54, 1.807) is 0 Å². The van der Waals surface area contributed by atoms with E-state index in [9.17, 15) is 48.9 Å². The van der Waals surface area contributed by atoms with Gasteiger partial charge in [-0.15, -0.1) is 0 Å². The number of unbranched alkanes of at least 4 members (excludes halogenated alkanes) is 1. The number of nitrogens with two attached hydrogens (primary N) is 2. The first-order valence-corrected chi connectivity index (χ1v) is 18.6. The van der Waals surface area contributed by atoms with Crippen LogP contribution in [0.4, 0.5) is 0 Å². The summed E-state index contributed by atoms with van der Waals surface area (Å²) in [4.78, 5) is 94.3. The van der Waals surface area contributed by atoms with Crippen LogP contribution in [0, 0.1) is 5.92 Å². The summed E-state index contributed by atoms with van der Waals surface area (Å²) in [5, 5.41) is 40.3. The Morgan fingerprint density at radius 2 is 1.29 bits per heavy atom. The summed E-state index contributed by atoms with van der Waals surface area (Å²) < 4.78 is 0. The standard InChI is InChI=1S/C33H58N8O10S/c1-17(2)15-21(36-30(47)25(18(3)42)38-27(44)20(35)9-5-6-12-34)31(48)40-13-7-11-24(40)29(46)39-26(19(4)43)32(49)41-14-8-10-23(41)28(45)37-22(16-52)33(50)51/h17-26,42-43,52H,5-16,34-35H2,1-4H3,(H,36,47)(H,37,45)(H,38,44)(H,39,46)(H,50,51)/t18-,19-,20+,21+,22+,23+,24+,25+,26+/m1/s1. The zero-order valence-electron chi connectivity index (χ0n) is 30.5. The average molecular weight is 759 g/mol. The molecule has 0 radical (unpaired) electrons. The maximum absolute atomic E-state index is 14.0. The summed E-state index contributed by atoms with van der Waals surface area (Å²) >= 11 is 3.95. The molecule has 0 unspecified atom stereocenters. The normalized spacial score (nSPS) is 21.3. The molecule has 0 spiro atoms. The van der Waals surface area contributed by atoms with Gasteiger partial charge >= 0.3 is 5.97 Å². The van der Waals surface area contributed by atoms with E-state index >= 15 is 0 Å². The summed E-state index contributed by atoms with van der Waals surface area (Å²) in [6.45, 7) is 7.01. The van der Waals surface area contributed by atoms with Crippen LogP contribution < -0.4 is 32.7 Å². The van der Waals surface area contributed by atoms with E-state index < -0.39 is 95.9 Å². The molecular weight excluding hydrogens is 700 g/mol. The molecule has 0 saturated carbocycles. The number of hydrogen-bond acceptors (Lipinski definition) is 12. The first kappa shape index (κ1) is 44.6. The van der Waals surface area contributed by atoms with Gasteiger partial charge in [0.25, 0.3) is 0 Å². The lowest BCUT2D eigenvalue weighted by molar-refractivity contribution is -0.147. The SMILES string of the molecule is CC(C)C[C@H](NC(=O)[C@@H](NC(=O)[C@@H](N)CCCCN)[C@@H](C)O)C(=O)N1CCC[C@H]1C(=O)N[C@H](C(=O)N1CCC[C@H]1C(=O)N[C@@H](CS)C(=O)O)[C@@H](C)O. The molecule has 0 aromatic rings. The fourth-order valence-electron chi connectivity index (χ4n) is 6.34. The Balaban J connectivity index is 2.20. The van der Waals surface area contributed by atoms with Gasteiger partial charge in [0.1, 0.15) is 36.3 Å². The highest BCUT2D eigenvalue weighted by Gasteiger charge is 2.43. The Morgan fingerprint density at radius 3 is 1.77 bits per heavy atom. The van der Waals surface area contributed by atoms with Gasteiger partial charge in [-0.2, -0.15) is 12.6 Å². The molecule has 19 heteroatoms. The number of rotatable bonds is 20. The van der Waals surface area contributed by atoms with Crippen LogP contribution in [0.3, 0.4) is 0 Å². The van der Waals surface area contributed by atoms with Crippen molar-refractivity contribution in [1.82, 2.24) is 31.1 Å². The summed E-state index contributed by atoms with van der Waals surface area (Å²) in [5.41, 5.74) is 11.5. The van der Waals surface area contributed by atoms with Crippen LogP contribution in [0.1, 0.15) is 79.1 Å². The molecule has 2 rings (SSSR count). The van der Waals surface area contributed by atoms with Crippen LogP contribution in [0.15, 0.2) is 0 Å². The minimum atomic E-state index is -1.48. The lowest BCUT2D eigenvalue weighted by Crippen LogP contribution is -2.62. The van der Waals surface area contributed by atoms with Crippen molar-refractivity contribution in [1.29, 1.82) is 0 Å². The number of amides is 6. The number of aliphatic hydroxyl groups excluding tert-OH is 2. The third-order valence-corrected chi connectivity index (χ3v) is 9.58. The fourth-order valence-corrected chi connectivity index (χ4v) is 6.58. The van der Waals surface area contributed by atoms with E-state index in [4.69, 9.17) is 11.5 Å². The predicted molar refractivity (Wildman–Crippen MR) is 192 cm³/mol. The molecule has 6 amide bonds. The lowest BCUT2D eigenvalue weighted by Gasteiger charge is -2.33. The van der Waals surface area contributed by atoms with Crippen molar-refractivity contribution in [3.8, 4) is 0 Å². The van der Waals surface area contributed by atoms with Crippen molar-refractivity contribution in [3.63, 3.8) is 0 Å². The van der Waals surface area contributed by atoms with Crippen LogP contribution in [-0.2, 0) is 33.6 Å². The number of likely N-dealkylation sites (tertiary alicyclic amines) is 2. The smallest absolute Gasteiger partial charge is 0.327 e. The summed E-state index contributed by atoms with van der Waals surface area (Å²) in [5.74, 6) is -5.77. The van der Waals surface area contributed by atoms with Crippen molar-refractivity contribution in [2.75, 3.05) is 25.4 Å². The molecule has 0 aromatic carbocycles. The number of nitrogens with zero attached hydrogens (tertiary/aromatic N) is 2. The third kappa shape index (κ3) is 12.6. The fraction of sp³-hybridized carbons (Fsp3) is 0.788. The minimum absolute atomic E-state index is 0.0962. The van der Waals surface area contributed by atoms with Crippen LogP contribution in [0.2, 0.25) is 0 Å². The Bertz CT molecular complexity index is 1270. The zero-order valence-corrected chi connectivity index (χ0v) is 31.3. The molecule has 18 nitrogen and oxygen atoms in total. The van der Waals surface area contributed by atoms with Gasteiger partial charge in [-0.25, -0.2) is 4.79 Å². The van der Waals surface area contributed by atoms with E-state index in [2.05, 4.69) is 33.9 Å². The Kier molecular flexibility index (Phi) is 18.2. The summed E-state index contributed by atoms with van der Waals surface area (Å²) in [6.07, 6.45) is 0.340. The van der Waals surface area contributed by atoms with E-state index in [-0.39, 0.29) is 44.0 Å². The number of carboxylic acids is 1. The highest BCUT2D eigenvalue weighted by molar-refractivity contribution is 7.80. The second-order valence-electron chi connectivity index (χ2n) is 14.0. The first-order valence-electron chi connectivity index (χ1n) is 17.9. The second kappa shape index (κ2) is 21.2. The maximum Gasteiger partial charge on any atom is 0.327 e. The maximum atomic E-state index is 14.0. The van der Waals surface area contributed by atoms with Crippen molar-refractivity contribution in [2.45, 2.75) is 134 Å². The molecule has 0 bridgehead atoms. The Morgan fingerprint density at radius 1 is 0.750 bits per heavy atom. The number of carbonyl (C=O) groups excluding carboxylic acids is 6. The van der Waals surface area contributed by atoms with Crippen LogP contribution in [0.25, 0.3) is 0 Å². The van der Waals surface area contributed by atoms with Crippen molar-refractivity contribution in [2.24, 2.45) is 17.4 Å². The van der Waals surface area contributed by atoms with Gasteiger partial charge in [-0.1, -0.05) is 20.3 Å². The number of hydrogen-bond donors (Lipinski definition) is 10. The molecule has 2 aliphatic rings. The largest absolute Gasteiger partial charge is 0.480 e. The monoisotopic (exact) mass is 758 g/mol. The highest BCUT2D eigenvalue weighted by atomic mass is 32.1. The molecule has 296 valence electrons. The van der Waals surface area contributed by atoms with Crippen LogP contribution in [0.5, 0.6) is 0 Å². The van der Waals surface area contributed by atoms with Gasteiger partial charge < -0.3 is 57.9 Å². The quantitative estimate of drug-likeness (QED) is 0.0445. The summed E-state index contributed by atoms with van der Waals surface area (Å²) in [6, 6.07) is -8.34. The van der Waals surface area contributed by atoms with Gasteiger partial charge in [0.15, 0.2) is 0 Å². The minimum Gasteiger partial charge on any atom is -0.480 e. The second-order valence-corrected chi connectivity index (χ2v) is 14.4. The summed E-state index contributed by atoms with van der Waals surface area (Å²) in [7, 11) is 0. The molecule has 52 heavy (non-hydrogen) atoms. The number of carboxylic acid groups (broad SMARTS) is 1. The van der Waals surface area contributed by atoms with Crippen molar-refractivity contribution < 1.29 is 48.9 Å². The van der Waals surface area contributed by atoms with Crippen LogP contribution >= 0.6 is 12.6 Å². The molecule has 0 aromatic heterocycles. The number of aliphatic hydroxyl groups is 2. The number of aliphatic carboxylic acids is 1. The van der Waals surface area contributed by atoms with E-state index in [1.807, 2.05) is 13.8 Å². The van der Waals surface area contributed by atoms with E-state index in [0.29, 0.717) is 38.6 Å². The zero-order chi connectivity index (χ0) is 39.3. The Labute approximate surface area is 309 Å². The van der Waals surface area contributed by atoms with Gasteiger partial charge in [-0.05, 0) is 71.3 Å². The van der Waals surface area contributed by atoms with Gasteiger partial charge in [0, 0.05) is 18.8 Å². The molecule has 2 aliphatic heterocycles. The predicted octanol–water partition coefficient (Wildman–Crippen LogP) is -2.81. The number of nitrogens with one attached hydrogen (secondary N) is 4. The van der Waals surface area contributed by atoms with Gasteiger partial charge in [0.2, 0.25) is 35.4 Å². The number of thiol groups is 1. The van der Waals surface area contributed by atoms with Crippen LogP contribution in [-0.4, -0.2) is 146 Å². The number of carbonyl (C=O) groups is 7. The molecular formula is C33H58N8O10S. The molecule has 2 heterocycles. The molecule has 11 N–H and O–H groups in total. The van der Waals surface area contributed by atoms with Crippen molar-refractivity contribution in [3.05, 3.63) is 0 Å². The highest BCUT2D eigenvalue weighted by Crippen LogP contribution is 2.23. The lowest BCUT2D eigenvalue weighted by atomic mass is 10.0. The van der Waals surface area contributed by atoms with Gasteiger partial charge in [-0.3, -0.25) is 28.8 Å². The average Bonchev–Trinajstić information content (AvgIpc) is 3.77. The first-order chi connectivity index (χ1) is 24.4. The van der Waals surface area contributed by atoms with Gasteiger partial charge in [0.05, 0.1) is 18.2 Å². The third-order valence-electron chi connectivity index (χ3n) is 9.21.